The summed E-state index contributed by atoms with van der Waals surface area (Å²) in [7, 11) is 0. The summed E-state index contributed by atoms with van der Waals surface area (Å²) in [6, 6.07) is 9.54. The largest absolute Gasteiger partial charge is 0.454 e. The molecule has 132 valence electrons. The molecule has 4 atom stereocenters. The van der Waals surface area contributed by atoms with Crippen molar-refractivity contribution in [1.29, 1.82) is 0 Å². The molecule has 0 saturated carbocycles. The van der Waals surface area contributed by atoms with Gasteiger partial charge in [0.05, 0.1) is 13.0 Å². The number of hydrogen-bond donors (Lipinski definition) is 1. The van der Waals surface area contributed by atoms with E-state index in [4.69, 9.17) is 10.8 Å². The average Bonchev–Trinajstić information content (AvgIpc) is 2.87. The van der Waals surface area contributed by atoms with Crippen molar-refractivity contribution in [2.24, 2.45) is 5.92 Å². The molecule has 3 rings (SSSR count). The molecule has 1 aromatic heterocycles. The molecule has 0 aliphatic carbocycles. The first-order valence-electron chi connectivity index (χ1n) is 8.63. The Morgan fingerprint density at radius 1 is 1.32 bits per heavy atom. The average molecular weight is 345 g/mol. The van der Waals surface area contributed by atoms with Crippen LogP contribution < -0.4 is 11.2 Å². The standard InChI is InChI=1S/C18H20N2O5/c1-3-13-11(2)15(25-17(22)12-7-5-4-6-8-12)16(24-13)20-10-9-14(21)19-18(20)23/h4-11,13,15-16H,3H2,1-2H3,(H,19,21,23)/t11-,13-,15?,16-/m1/s1/i16D. The van der Waals surface area contributed by atoms with Crippen LogP contribution in [0.4, 0.5) is 0 Å². The van der Waals surface area contributed by atoms with Gasteiger partial charge in [-0.3, -0.25) is 14.3 Å². The molecule has 7 nitrogen and oxygen atoms in total. The van der Waals surface area contributed by atoms with Crippen LogP contribution in [0.2, 0.25) is 0 Å². The van der Waals surface area contributed by atoms with Crippen molar-refractivity contribution in [3.05, 3.63) is 69.0 Å². The zero-order chi connectivity index (χ0) is 18.9. The number of nitrogens with one attached hydrogen (secondary N) is 1. The smallest absolute Gasteiger partial charge is 0.338 e. The van der Waals surface area contributed by atoms with Crippen LogP contribution in [0, 0.1) is 5.92 Å². The zero-order valence-corrected chi connectivity index (χ0v) is 14.0. The summed E-state index contributed by atoms with van der Waals surface area (Å²) in [5.41, 5.74) is -1.03. The monoisotopic (exact) mass is 345 g/mol. The van der Waals surface area contributed by atoms with E-state index < -0.39 is 29.5 Å². The van der Waals surface area contributed by atoms with Crippen LogP contribution in [0.1, 0.15) is 38.2 Å². The molecule has 1 saturated heterocycles. The zero-order valence-electron chi connectivity index (χ0n) is 15.0. The third-order valence-corrected chi connectivity index (χ3v) is 4.29. The minimum absolute atomic E-state index is 0.316. The highest BCUT2D eigenvalue weighted by molar-refractivity contribution is 5.89. The number of aromatic nitrogens is 2. The number of aromatic amines is 1. The summed E-state index contributed by atoms with van der Waals surface area (Å²) in [5.74, 6) is -0.916. The van der Waals surface area contributed by atoms with E-state index in [0.29, 0.717) is 12.0 Å². The molecule has 25 heavy (non-hydrogen) atoms. The van der Waals surface area contributed by atoms with Gasteiger partial charge in [0.25, 0.3) is 5.56 Å². The summed E-state index contributed by atoms with van der Waals surface area (Å²) in [6.45, 7) is 3.70. The van der Waals surface area contributed by atoms with Crippen LogP contribution >= 0.6 is 0 Å². The number of rotatable bonds is 4. The normalized spacial score (nSPS) is 29.2. The van der Waals surface area contributed by atoms with Crippen molar-refractivity contribution in [3.63, 3.8) is 0 Å². The van der Waals surface area contributed by atoms with Crippen LogP contribution in [0.15, 0.2) is 52.2 Å². The molecule has 1 aromatic carbocycles. The van der Waals surface area contributed by atoms with Crippen molar-refractivity contribution in [3.8, 4) is 0 Å². The second-order valence-corrected chi connectivity index (χ2v) is 5.93. The third kappa shape index (κ3) is 3.41. The van der Waals surface area contributed by atoms with Crippen LogP contribution in [0.3, 0.4) is 0 Å². The third-order valence-electron chi connectivity index (χ3n) is 4.29. The first-order valence-corrected chi connectivity index (χ1v) is 8.13. The maximum atomic E-state index is 12.5. The molecule has 0 radical (unpaired) electrons. The van der Waals surface area contributed by atoms with E-state index in [0.717, 1.165) is 10.6 Å². The lowest BCUT2D eigenvalue weighted by Crippen LogP contribution is -2.37. The number of benzene rings is 1. The Bertz CT molecular complexity index is 910. The Balaban J connectivity index is 2.00. The van der Waals surface area contributed by atoms with Crippen LogP contribution in [-0.2, 0) is 9.47 Å². The molecule has 0 amide bonds. The Morgan fingerprint density at radius 3 is 2.68 bits per heavy atom. The first-order chi connectivity index (χ1) is 12.4. The Kier molecular flexibility index (Phi) is 4.47. The molecule has 0 spiro atoms. The Labute approximate surface area is 145 Å². The van der Waals surface area contributed by atoms with Crippen LogP contribution in [-0.4, -0.2) is 27.7 Å². The van der Waals surface area contributed by atoms with Gasteiger partial charge in [0.15, 0.2) is 12.3 Å². The van der Waals surface area contributed by atoms with E-state index in [1.165, 1.54) is 6.20 Å². The summed E-state index contributed by atoms with van der Waals surface area (Å²) in [6.07, 6.45) is -1.60. The SMILES string of the molecule is [2H][C@@]1(n2ccc(=O)[nH]c2=O)O[C@H](CC)[C@@H](C)C1OC(=O)c1ccccc1. The van der Waals surface area contributed by atoms with E-state index in [1.54, 1.807) is 30.3 Å². The van der Waals surface area contributed by atoms with Crippen molar-refractivity contribution in [2.75, 3.05) is 0 Å². The minimum atomic E-state index is -1.97. The molecule has 0 bridgehead atoms. The van der Waals surface area contributed by atoms with Gasteiger partial charge in [0.1, 0.15) is 0 Å². The van der Waals surface area contributed by atoms with Crippen molar-refractivity contribution >= 4 is 5.97 Å². The maximum Gasteiger partial charge on any atom is 0.338 e. The number of hydrogen-bond acceptors (Lipinski definition) is 5. The summed E-state index contributed by atoms with van der Waals surface area (Å²) in [4.78, 5) is 38.1. The van der Waals surface area contributed by atoms with Crippen molar-refractivity contribution < 1.29 is 15.6 Å². The first kappa shape index (κ1) is 15.8. The van der Waals surface area contributed by atoms with Gasteiger partial charge in [0, 0.05) is 18.2 Å². The number of nitrogens with zero attached hydrogens (tertiary/aromatic N) is 1. The van der Waals surface area contributed by atoms with E-state index in [9.17, 15) is 14.4 Å². The highest BCUT2D eigenvalue weighted by atomic mass is 16.6. The predicted octanol–water partition coefficient (Wildman–Crippen LogP) is 1.71. The van der Waals surface area contributed by atoms with E-state index in [1.807, 2.05) is 13.8 Å². The van der Waals surface area contributed by atoms with Gasteiger partial charge in [0.2, 0.25) is 0 Å². The lowest BCUT2D eigenvalue weighted by molar-refractivity contribution is -0.0510. The van der Waals surface area contributed by atoms with E-state index >= 15 is 0 Å². The second kappa shape index (κ2) is 7.06. The molecule has 1 aliphatic rings. The highest BCUT2D eigenvalue weighted by Gasteiger charge is 2.45. The molecule has 1 N–H and O–H groups in total. The summed E-state index contributed by atoms with van der Waals surface area (Å²) in [5, 5.41) is 0. The Hall–Kier alpha value is -2.67. The lowest BCUT2D eigenvalue weighted by Gasteiger charge is -2.22. The molecule has 1 fully saturated rings. The van der Waals surface area contributed by atoms with Gasteiger partial charge in [-0.25, -0.2) is 9.59 Å². The highest BCUT2D eigenvalue weighted by Crippen LogP contribution is 2.37. The van der Waals surface area contributed by atoms with Gasteiger partial charge in [-0.2, -0.15) is 0 Å². The van der Waals surface area contributed by atoms with Gasteiger partial charge >= 0.3 is 11.7 Å². The van der Waals surface area contributed by atoms with Crippen molar-refractivity contribution in [1.82, 2.24) is 9.55 Å². The van der Waals surface area contributed by atoms with Gasteiger partial charge < -0.3 is 9.47 Å². The fraction of sp³-hybridized carbons (Fsp3) is 0.389. The second-order valence-electron chi connectivity index (χ2n) is 5.93. The number of H-pyrrole nitrogens is 1. The molecular formula is C18H20N2O5. The van der Waals surface area contributed by atoms with Gasteiger partial charge in [-0.15, -0.1) is 0 Å². The topological polar surface area (TPSA) is 90.4 Å². The fourth-order valence-electron chi connectivity index (χ4n) is 2.90. The molecule has 2 heterocycles. The predicted molar refractivity (Wildman–Crippen MR) is 90.3 cm³/mol. The van der Waals surface area contributed by atoms with Gasteiger partial charge in [-0.1, -0.05) is 32.0 Å². The molecule has 1 aliphatic heterocycles. The molecular weight excluding hydrogens is 324 g/mol. The lowest BCUT2D eigenvalue weighted by atomic mass is 9.98. The summed E-state index contributed by atoms with van der Waals surface area (Å²) >= 11 is 0. The van der Waals surface area contributed by atoms with Crippen LogP contribution in [0.5, 0.6) is 0 Å². The van der Waals surface area contributed by atoms with Crippen LogP contribution in [0.25, 0.3) is 0 Å². The molecule has 2 aromatic rings. The maximum absolute atomic E-state index is 12.5. The molecule has 7 heteroatoms. The molecule has 1 unspecified atom stereocenters. The Morgan fingerprint density at radius 2 is 2.04 bits per heavy atom. The van der Waals surface area contributed by atoms with Gasteiger partial charge in [-0.05, 0) is 18.6 Å². The number of carbonyl (C=O) groups is 1. The minimum Gasteiger partial charge on any atom is -0.454 e. The van der Waals surface area contributed by atoms with Crippen molar-refractivity contribution in [2.45, 2.75) is 38.7 Å². The van der Waals surface area contributed by atoms with E-state index in [-0.39, 0.29) is 12.0 Å². The quantitative estimate of drug-likeness (QED) is 0.852. The number of ether oxygens (including phenoxy) is 2. The van der Waals surface area contributed by atoms with E-state index in [2.05, 4.69) is 4.98 Å². The summed E-state index contributed by atoms with van der Waals surface area (Å²) < 4.78 is 21.1. The fourth-order valence-corrected chi connectivity index (χ4v) is 2.90. The number of esters is 1. The number of carbonyl (C=O) groups excluding carboxylic acids is 1.